The topological polar surface area (TPSA) is 128 Å². The molecular formula is C15H20N4O6. The molecule has 1 aliphatic heterocycles. The number of carbonyl (C=O) groups excluding carboxylic acids is 2. The fourth-order valence-corrected chi connectivity index (χ4v) is 2.08. The molecule has 0 saturated heterocycles. The average Bonchev–Trinajstić information content (AvgIpc) is 3.22. The van der Waals surface area contributed by atoms with Crippen molar-refractivity contribution in [2.24, 2.45) is 0 Å². The first-order chi connectivity index (χ1) is 12.1. The van der Waals surface area contributed by atoms with Crippen molar-refractivity contribution in [3.63, 3.8) is 0 Å². The van der Waals surface area contributed by atoms with Crippen LogP contribution in [0.5, 0.6) is 5.88 Å². The lowest BCUT2D eigenvalue weighted by atomic mass is 10.3. The Balaban J connectivity index is 0.000000186. The Morgan fingerprint density at radius 1 is 1.24 bits per heavy atom. The molecule has 0 radical (unpaired) electrons. The number of carbonyl (C=O) groups is 2. The predicted octanol–water partition coefficient (Wildman–Crippen LogP) is 0.722. The van der Waals surface area contributed by atoms with E-state index in [-0.39, 0.29) is 18.1 Å². The van der Waals surface area contributed by atoms with Gasteiger partial charge in [0.1, 0.15) is 11.1 Å². The van der Waals surface area contributed by atoms with E-state index in [1.807, 2.05) is 0 Å². The number of hydrogen-bond donors (Lipinski definition) is 2. The van der Waals surface area contributed by atoms with Crippen LogP contribution < -0.4 is 10.3 Å². The molecule has 10 nitrogen and oxygen atoms in total. The van der Waals surface area contributed by atoms with Gasteiger partial charge in [0, 0.05) is 19.2 Å². The number of ether oxygens (including phenoxy) is 3. The molecule has 0 aliphatic carbocycles. The van der Waals surface area contributed by atoms with Crippen LogP contribution in [0, 0.1) is 0 Å². The van der Waals surface area contributed by atoms with Crippen LogP contribution in [0.25, 0.3) is 0 Å². The molecule has 0 atom stereocenters. The zero-order valence-electron chi connectivity index (χ0n) is 14.0. The Bertz CT molecular complexity index is 775. The highest BCUT2D eigenvalue weighted by Gasteiger charge is 2.22. The van der Waals surface area contributed by atoms with Crippen LogP contribution in [0.1, 0.15) is 41.0 Å². The summed E-state index contributed by atoms with van der Waals surface area (Å²) >= 11 is 0. The molecule has 0 spiro atoms. The van der Waals surface area contributed by atoms with E-state index < -0.39 is 11.5 Å². The van der Waals surface area contributed by atoms with Crippen LogP contribution in [-0.4, -0.2) is 51.7 Å². The van der Waals surface area contributed by atoms with Crippen LogP contribution in [0.15, 0.2) is 17.2 Å². The molecule has 0 bridgehead atoms. The number of nitrogens with zero attached hydrogens (tertiary/aromatic N) is 2. The first-order valence-corrected chi connectivity index (χ1v) is 7.87. The molecule has 2 aromatic heterocycles. The van der Waals surface area contributed by atoms with E-state index in [4.69, 9.17) is 9.47 Å². The highest BCUT2D eigenvalue weighted by atomic mass is 16.5. The van der Waals surface area contributed by atoms with Crippen LogP contribution in [0.2, 0.25) is 0 Å². The third kappa shape index (κ3) is 4.49. The molecular weight excluding hydrogens is 332 g/mol. The lowest BCUT2D eigenvalue weighted by Crippen LogP contribution is -2.16. The highest BCUT2D eigenvalue weighted by Crippen LogP contribution is 2.22. The zero-order chi connectivity index (χ0) is 18.2. The summed E-state index contributed by atoms with van der Waals surface area (Å²) in [5.41, 5.74) is -0.0261. The van der Waals surface area contributed by atoms with Gasteiger partial charge in [-0.1, -0.05) is 0 Å². The molecule has 3 rings (SSSR count). The van der Waals surface area contributed by atoms with Crippen molar-refractivity contribution in [2.45, 2.75) is 26.8 Å². The second-order valence-corrected chi connectivity index (χ2v) is 4.89. The average molecular weight is 352 g/mol. The number of esters is 2. The molecule has 0 fully saturated rings. The predicted molar refractivity (Wildman–Crippen MR) is 85.7 cm³/mol. The monoisotopic (exact) mass is 352 g/mol. The van der Waals surface area contributed by atoms with Gasteiger partial charge >= 0.3 is 11.9 Å². The van der Waals surface area contributed by atoms with Gasteiger partial charge in [-0.05, 0) is 13.8 Å². The second-order valence-electron chi connectivity index (χ2n) is 4.89. The lowest BCUT2D eigenvalue weighted by molar-refractivity contribution is 0.0512. The Labute approximate surface area is 143 Å². The normalized spacial score (nSPS) is 12.2. The van der Waals surface area contributed by atoms with Crippen LogP contribution >= 0.6 is 0 Å². The van der Waals surface area contributed by atoms with Crippen LogP contribution in [-0.2, 0) is 16.0 Å². The lowest BCUT2D eigenvalue weighted by Gasteiger charge is -2.15. The van der Waals surface area contributed by atoms with E-state index in [1.165, 1.54) is 12.4 Å². The summed E-state index contributed by atoms with van der Waals surface area (Å²) in [5.74, 6) is -0.430. The molecule has 2 aromatic rings. The van der Waals surface area contributed by atoms with E-state index in [1.54, 1.807) is 18.5 Å². The fourth-order valence-electron chi connectivity index (χ4n) is 2.08. The minimum atomic E-state index is -0.602. The van der Waals surface area contributed by atoms with Crippen molar-refractivity contribution < 1.29 is 23.8 Å². The molecule has 3 heterocycles. The van der Waals surface area contributed by atoms with Gasteiger partial charge in [0.25, 0.3) is 5.56 Å². The molecule has 1 aliphatic rings. The highest BCUT2D eigenvalue weighted by molar-refractivity contribution is 5.91. The molecule has 2 N–H and O–H groups in total. The van der Waals surface area contributed by atoms with E-state index >= 15 is 0 Å². The van der Waals surface area contributed by atoms with E-state index in [9.17, 15) is 14.4 Å². The summed E-state index contributed by atoms with van der Waals surface area (Å²) in [6.07, 6.45) is 3.70. The maximum atomic E-state index is 11.4. The van der Waals surface area contributed by atoms with Crippen molar-refractivity contribution in [3.05, 3.63) is 33.9 Å². The summed E-state index contributed by atoms with van der Waals surface area (Å²) in [5, 5.41) is 8.68. The first-order valence-electron chi connectivity index (χ1n) is 7.87. The van der Waals surface area contributed by atoms with E-state index in [0.29, 0.717) is 24.7 Å². The van der Waals surface area contributed by atoms with E-state index in [0.717, 1.165) is 13.0 Å². The minimum Gasteiger partial charge on any atom is -0.477 e. The van der Waals surface area contributed by atoms with E-state index in [2.05, 4.69) is 20.0 Å². The van der Waals surface area contributed by atoms with Gasteiger partial charge in [-0.3, -0.25) is 9.89 Å². The molecule has 0 amide bonds. The van der Waals surface area contributed by atoms with Crippen molar-refractivity contribution in [2.75, 3.05) is 19.8 Å². The van der Waals surface area contributed by atoms with Gasteiger partial charge in [0.15, 0.2) is 0 Å². The van der Waals surface area contributed by atoms with Crippen molar-refractivity contribution in [1.82, 2.24) is 20.0 Å². The SMILES string of the molecule is CCOC(=O)c1c[nH][nH]c1=O.CCOC(=O)c1cnn2c1OCCC2. The molecule has 25 heavy (non-hydrogen) atoms. The molecule has 0 unspecified atom stereocenters. The van der Waals surface area contributed by atoms with Gasteiger partial charge in [0.2, 0.25) is 5.88 Å². The van der Waals surface area contributed by atoms with Crippen molar-refractivity contribution in [3.8, 4) is 5.88 Å². The number of aromatic nitrogens is 4. The largest absolute Gasteiger partial charge is 0.477 e. The number of aromatic amines is 2. The summed E-state index contributed by atoms with van der Waals surface area (Å²) < 4.78 is 16.5. The summed E-state index contributed by atoms with van der Waals surface area (Å²) in [4.78, 5) is 33.0. The minimum absolute atomic E-state index is 0.00634. The summed E-state index contributed by atoms with van der Waals surface area (Å²) in [7, 11) is 0. The number of rotatable bonds is 4. The summed E-state index contributed by atoms with van der Waals surface area (Å²) in [6.45, 7) is 5.52. The molecule has 136 valence electrons. The second kappa shape index (κ2) is 8.71. The Morgan fingerprint density at radius 3 is 2.52 bits per heavy atom. The van der Waals surface area contributed by atoms with Crippen LogP contribution in [0.3, 0.4) is 0 Å². The maximum absolute atomic E-state index is 11.4. The fraction of sp³-hybridized carbons (Fsp3) is 0.467. The van der Waals surface area contributed by atoms with Gasteiger partial charge in [-0.15, -0.1) is 0 Å². The van der Waals surface area contributed by atoms with Crippen molar-refractivity contribution >= 4 is 11.9 Å². The Hall–Kier alpha value is -3.04. The number of hydrogen-bond acceptors (Lipinski definition) is 7. The quantitative estimate of drug-likeness (QED) is 0.776. The van der Waals surface area contributed by atoms with Gasteiger partial charge in [0.05, 0.1) is 26.0 Å². The standard InChI is InChI=1S/C9H12N2O3.C6H8N2O3/c1-2-13-9(12)7-6-10-11-4-3-5-14-8(7)11;1-2-11-6(10)4-3-7-8-5(4)9/h6H,2-5H2,1H3;3H,2H2,1H3,(H2,7,8,9). The number of aryl methyl sites for hydroxylation is 1. The van der Waals surface area contributed by atoms with Gasteiger partial charge in [-0.25, -0.2) is 14.3 Å². The zero-order valence-corrected chi connectivity index (χ0v) is 14.0. The number of nitrogens with one attached hydrogen (secondary N) is 2. The van der Waals surface area contributed by atoms with Gasteiger partial charge in [-0.2, -0.15) is 5.10 Å². The Kier molecular flexibility index (Phi) is 6.38. The third-order valence-electron chi connectivity index (χ3n) is 3.18. The summed E-state index contributed by atoms with van der Waals surface area (Å²) in [6, 6.07) is 0. The Morgan fingerprint density at radius 2 is 1.92 bits per heavy atom. The molecule has 10 heteroatoms. The first kappa shape index (κ1) is 18.3. The smallest absolute Gasteiger partial charge is 0.345 e. The number of fused-ring (bicyclic) bond motifs is 1. The van der Waals surface area contributed by atoms with Crippen molar-refractivity contribution in [1.29, 1.82) is 0 Å². The van der Waals surface area contributed by atoms with Gasteiger partial charge < -0.3 is 19.3 Å². The third-order valence-corrected chi connectivity index (χ3v) is 3.18. The molecule has 0 aromatic carbocycles. The number of H-pyrrole nitrogens is 2. The molecule has 0 saturated carbocycles. The maximum Gasteiger partial charge on any atom is 0.345 e. The van der Waals surface area contributed by atoms with Crippen LogP contribution in [0.4, 0.5) is 0 Å².